The van der Waals surface area contributed by atoms with E-state index >= 15 is 0 Å². The van der Waals surface area contributed by atoms with Gasteiger partial charge in [-0.3, -0.25) is 0 Å². The van der Waals surface area contributed by atoms with E-state index in [1.165, 1.54) is 173 Å². The first-order chi connectivity index (χ1) is 38.4. The maximum Gasteiger partial charge on any atom is 0.0434 e. The van der Waals surface area contributed by atoms with Crippen LogP contribution in [0, 0.1) is 0 Å². The SMILES string of the molecule is CC1(C)c2cc3c(cc2-c2cc4c(cc21)-c1c(cc(-c2cc(-c5ccccc5)c5sc6ccccc6c5c2)c2ccccc12)C4(C)C)C(C)(C)c1cc(-c2cc(-c4ccccc4)c4sc5ccccc5c4c2)c2ccccc2c1-3. The van der Waals surface area contributed by atoms with Gasteiger partial charge >= 0.3 is 0 Å². The molecule has 0 spiro atoms. The highest BCUT2D eigenvalue weighted by Gasteiger charge is 2.46. The zero-order valence-corrected chi connectivity index (χ0v) is 46.7. The summed E-state index contributed by atoms with van der Waals surface area (Å²) in [6.45, 7) is 14.8. The molecule has 3 aliphatic carbocycles. The minimum Gasteiger partial charge on any atom is -0.135 e. The van der Waals surface area contributed by atoms with Gasteiger partial charge in [-0.1, -0.05) is 187 Å². The van der Waals surface area contributed by atoms with E-state index in [1.807, 2.05) is 22.7 Å². The summed E-state index contributed by atoms with van der Waals surface area (Å²) in [4.78, 5) is 0. The van der Waals surface area contributed by atoms with E-state index in [0.717, 1.165) is 0 Å². The molecule has 0 saturated carbocycles. The number of benzene rings is 12. The average Bonchev–Trinajstić information content (AvgIpc) is 3.65. The van der Waals surface area contributed by atoms with E-state index in [9.17, 15) is 0 Å². The second-order valence-corrected chi connectivity index (χ2v) is 26.4. The highest BCUT2D eigenvalue weighted by Crippen LogP contribution is 2.62. The van der Waals surface area contributed by atoms with Crippen molar-refractivity contribution in [3.05, 3.63) is 252 Å². The summed E-state index contributed by atoms with van der Waals surface area (Å²) in [5.41, 5.74) is 26.3. The lowest BCUT2D eigenvalue weighted by atomic mass is 9.78. The molecule has 2 heterocycles. The Hall–Kier alpha value is -8.40. The Morgan fingerprint density at radius 1 is 0.228 bits per heavy atom. The van der Waals surface area contributed by atoms with Gasteiger partial charge in [0.1, 0.15) is 0 Å². The first-order valence-corrected chi connectivity index (χ1v) is 29.6. The van der Waals surface area contributed by atoms with Gasteiger partial charge in [0, 0.05) is 67.7 Å². The van der Waals surface area contributed by atoms with Crippen LogP contribution in [-0.4, -0.2) is 0 Å². The first-order valence-electron chi connectivity index (χ1n) is 28.0. The summed E-state index contributed by atoms with van der Waals surface area (Å²) >= 11 is 3.82. The number of thiophene rings is 2. The third-order valence-corrected chi connectivity index (χ3v) is 21.5. The van der Waals surface area contributed by atoms with Crippen LogP contribution < -0.4 is 0 Å². The van der Waals surface area contributed by atoms with E-state index in [2.05, 4.69) is 260 Å². The van der Waals surface area contributed by atoms with E-state index < -0.39 is 0 Å². The monoisotopic (exact) mass is 1040 g/mol. The molecule has 0 aliphatic heterocycles. The largest absolute Gasteiger partial charge is 0.135 e. The molecule has 0 N–H and O–H groups in total. The third kappa shape index (κ3) is 6.14. The van der Waals surface area contributed by atoms with Gasteiger partial charge in [-0.05, 0) is 194 Å². The van der Waals surface area contributed by atoms with Crippen LogP contribution >= 0.6 is 22.7 Å². The van der Waals surface area contributed by atoms with Crippen molar-refractivity contribution in [1.82, 2.24) is 0 Å². The molecule has 2 aromatic heterocycles. The minimum atomic E-state index is -0.243. The number of hydrogen-bond acceptors (Lipinski definition) is 2. The lowest BCUT2D eigenvalue weighted by Crippen LogP contribution is -2.17. The Morgan fingerprint density at radius 2 is 0.544 bits per heavy atom. The molecule has 79 heavy (non-hydrogen) atoms. The van der Waals surface area contributed by atoms with Crippen LogP contribution in [-0.2, 0) is 16.2 Å². The van der Waals surface area contributed by atoms with Gasteiger partial charge in [0.2, 0.25) is 0 Å². The summed E-state index contributed by atoms with van der Waals surface area (Å²) in [5, 5.41) is 10.6. The van der Waals surface area contributed by atoms with Crippen molar-refractivity contribution in [3.8, 4) is 77.9 Å². The molecule has 14 aromatic rings. The molecular formula is C77H54S2. The third-order valence-electron chi connectivity index (χ3n) is 19.0. The van der Waals surface area contributed by atoms with Gasteiger partial charge in [-0.25, -0.2) is 0 Å². The van der Waals surface area contributed by atoms with Gasteiger partial charge in [-0.2, -0.15) is 0 Å². The molecule has 374 valence electrons. The van der Waals surface area contributed by atoms with Gasteiger partial charge in [0.05, 0.1) is 0 Å². The Kier molecular flexibility index (Phi) is 9.17. The second-order valence-electron chi connectivity index (χ2n) is 24.3. The smallest absolute Gasteiger partial charge is 0.0434 e. The maximum absolute atomic E-state index is 2.62. The molecule has 2 heteroatoms. The fraction of sp³-hybridized carbons (Fsp3) is 0.117. The predicted molar refractivity (Wildman–Crippen MR) is 342 cm³/mol. The molecule has 0 fully saturated rings. The first kappa shape index (κ1) is 45.6. The normalized spacial score (nSPS) is 15.0. The van der Waals surface area contributed by atoms with Crippen molar-refractivity contribution < 1.29 is 0 Å². The van der Waals surface area contributed by atoms with Gasteiger partial charge in [0.25, 0.3) is 0 Å². The summed E-state index contributed by atoms with van der Waals surface area (Å²) < 4.78 is 5.35. The van der Waals surface area contributed by atoms with Crippen LogP contribution in [0.15, 0.2) is 218 Å². The van der Waals surface area contributed by atoms with E-state index in [4.69, 9.17) is 0 Å². The van der Waals surface area contributed by atoms with Gasteiger partial charge in [0.15, 0.2) is 0 Å². The fourth-order valence-electron chi connectivity index (χ4n) is 15.0. The molecule has 0 saturated heterocycles. The Morgan fingerprint density at radius 3 is 0.962 bits per heavy atom. The second kappa shape index (κ2) is 15.9. The summed E-state index contributed by atoms with van der Waals surface area (Å²) in [5.74, 6) is 0. The highest BCUT2D eigenvalue weighted by molar-refractivity contribution is 7.26. The van der Waals surface area contributed by atoms with E-state index in [-0.39, 0.29) is 16.2 Å². The number of hydrogen-bond donors (Lipinski definition) is 0. The lowest BCUT2D eigenvalue weighted by Gasteiger charge is -2.25. The van der Waals surface area contributed by atoms with Gasteiger partial charge in [-0.15, -0.1) is 22.7 Å². The van der Waals surface area contributed by atoms with Crippen LogP contribution in [0.3, 0.4) is 0 Å². The van der Waals surface area contributed by atoms with Crippen molar-refractivity contribution in [3.63, 3.8) is 0 Å². The van der Waals surface area contributed by atoms with E-state index in [0.29, 0.717) is 0 Å². The van der Waals surface area contributed by atoms with Crippen LogP contribution in [0.25, 0.3) is 140 Å². The molecule has 17 rings (SSSR count). The highest BCUT2D eigenvalue weighted by atomic mass is 32.1. The minimum absolute atomic E-state index is 0.223. The van der Waals surface area contributed by atoms with Gasteiger partial charge < -0.3 is 0 Å². The molecule has 0 atom stereocenters. The molecule has 3 aliphatic rings. The number of rotatable bonds is 4. The van der Waals surface area contributed by atoms with Crippen LogP contribution in [0.1, 0.15) is 74.9 Å². The van der Waals surface area contributed by atoms with Crippen molar-refractivity contribution in [2.75, 3.05) is 0 Å². The topological polar surface area (TPSA) is 0 Å². The molecule has 0 unspecified atom stereocenters. The fourth-order valence-corrected chi connectivity index (χ4v) is 17.4. The summed E-state index contributed by atoms with van der Waals surface area (Å²) in [6, 6.07) is 83.8. The van der Waals surface area contributed by atoms with Crippen LogP contribution in [0.2, 0.25) is 0 Å². The standard InChI is InChI=1S/C77H54S2/c1-75(2)63-41-61-65(76(3,4)67-37-53(47-25-13-15-29-51(47)71(61)67)45-33-55(43-21-9-7-10-22-43)73-59(35-45)49-27-17-19-31-69(49)78-73)39-57(63)58-40-66-62(42-64(58)75)72-52-30-16-14-26-48(52)54(38-68(72)77(66,5)6)46-34-56(44-23-11-8-12-24-44)74-60(36-46)50-28-18-20-32-70(50)79-74/h7-42H,1-6H3. The van der Waals surface area contributed by atoms with Crippen LogP contribution in [0.4, 0.5) is 0 Å². The molecule has 0 nitrogen and oxygen atoms in total. The Balaban J connectivity index is 0.829. The predicted octanol–water partition coefficient (Wildman–Crippen LogP) is 22.3. The van der Waals surface area contributed by atoms with Crippen molar-refractivity contribution in [2.45, 2.75) is 57.8 Å². The molecular weight excluding hydrogens is 989 g/mol. The van der Waals surface area contributed by atoms with E-state index in [1.54, 1.807) is 0 Å². The zero-order valence-electron chi connectivity index (χ0n) is 45.1. The zero-order chi connectivity index (χ0) is 52.8. The molecule has 0 amide bonds. The number of fused-ring (bicyclic) bond motifs is 19. The molecule has 12 aromatic carbocycles. The Labute approximate surface area is 468 Å². The summed E-state index contributed by atoms with van der Waals surface area (Å²) in [6.07, 6.45) is 0. The van der Waals surface area contributed by atoms with Crippen molar-refractivity contribution in [2.24, 2.45) is 0 Å². The quantitative estimate of drug-likeness (QED) is 0.165. The lowest BCUT2D eigenvalue weighted by molar-refractivity contribution is 0.649. The average molecular weight is 1040 g/mol. The summed E-state index contributed by atoms with van der Waals surface area (Å²) in [7, 11) is 0. The molecule has 0 radical (unpaired) electrons. The Bertz CT molecular complexity index is 4700. The molecule has 0 bridgehead atoms. The van der Waals surface area contributed by atoms with Crippen LogP contribution in [0.5, 0.6) is 0 Å². The van der Waals surface area contributed by atoms with Crippen molar-refractivity contribution >= 4 is 84.6 Å². The van der Waals surface area contributed by atoms with Crippen molar-refractivity contribution in [1.29, 1.82) is 0 Å². The maximum atomic E-state index is 2.62.